The predicted octanol–water partition coefficient (Wildman–Crippen LogP) is 7.23. The van der Waals surface area contributed by atoms with Crippen LogP contribution in [0.15, 0.2) is 73.1 Å². The Morgan fingerprint density at radius 2 is 1.73 bits per heavy atom. The molecule has 1 aromatic heterocycles. The number of hydrogen-bond acceptors (Lipinski definition) is 4. The van der Waals surface area contributed by atoms with E-state index in [2.05, 4.69) is 33.9 Å². The summed E-state index contributed by atoms with van der Waals surface area (Å²) in [6.07, 6.45) is 3.28. The zero-order valence-corrected chi connectivity index (χ0v) is 24.5. The molecule has 0 spiro atoms. The Hall–Kier alpha value is -4.10. The van der Waals surface area contributed by atoms with Crippen molar-refractivity contribution in [2.24, 2.45) is 7.05 Å². The number of carbonyl (C=O) groups excluding carboxylic acids is 2. The highest BCUT2D eigenvalue weighted by Crippen LogP contribution is 2.32. The fraction of sp³-hybridized carbons (Fsp3) is 0.281. The van der Waals surface area contributed by atoms with Gasteiger partial charge in [-0.05, 0) is 104 Å². The summed E-state index contributed by atoms with van der Waals surface area (Å²) < 4.78 is 7.08. The summed E-state index contributed by atoms with van der Waals surface area (Å²) in [6, 6.07) is 19.3. The zero-order valence-electron chi connectivity index (χ0n) is 23.7. The lowest BCUT2D eigenvalue weighted by Crippen LogP contribution is -2.32. The lowest BCUT2D eigenvalue weighted by molar-refractivity contribution is 0.0523. The maximum Gasteiger partial charge on any atom is 0.407 e. The summed E-state index contributed by atoms with van der Waals surface area (Å²) in [5.74, 6) is -0.194. The molecule has 1 heterocycles. The van der Waals surface area contributed by atoms with Gasteiger partial charge in [-0.25, -0.2) is 4.79 Å². The summed E-state index contributed by atoms with van der Waals surface area (Å²) in [7, 11) is 1.88. The van der Waals surface area contributed by atoms with Crippen molar-refractivity contribution in [1.29, 1.82) is 0 Å². The van der Waals surface area contributed by atoms with Gasteiger partial charge in [-0.15, -0.1) is 0 Å². The van der Waals surface area contributed by atoms with E-state index in [-0.39, 0.29) is 18.5 Å². The molecular weight excluding hydrogens is 524 g/mol. The van der Waals surface area contributed by atoms with Crippen LogP contribution in [-0.2, 0) is 18.3 Å². The van der Waals surface area contributed by atoms with Gasteiger partial charge in [0, 0.05) is 35.9 Å². The van der Waals surface area contributed by atoms with Gasteiger partial charge in [-0.2, -0.15) is 5.10 Å². The molecule has 0 aliphatic rings. The van der Waals surface area contributed by atoms with E-state index in [1.54, 1.807) is 10.7 Å². The number of nitrogens with zero attached hydrogens (tertiary/aromatic N) is 2. The maximum atomic E-state index is 13.4. The third-order valence-corrected chi connectivity index (χ3v) is 6.62. The van der Waals surface area contributed by atoms with Crippen LogP contribution in [0.4, 0.5) is 4.79 Å². The number of benzene rings is 3. The van der Waals surface area contributed by atoms with Crippen molar-refractivity contribution < 1.29 is 14.3 Å². The van der Waals surface area contributed by atoms with E-state index < -0.39 is 11.7 Å². The Kier molecular flexibility index (Phi) is 8.64. The highest BCUT2D eigenvalue weighted by molar-refractivity contribution is 6.30. The minimum atomic E-state index is -0.584. The van der Waals surface area contributed by atoms with Crippen molar-refractivity contribution in [1.82, 2.24) is 20.4 Å². The number of rotatable bonds is 7. The Labute approximate surface area is 240 Å². The smallest absolute Gasteiger partial charge is 0.407 e. The molecule has 7 nitrogen and oxygen atoms in total. The zero-order chi connectivity index (χ0) is 29.0. The van der Waals surface area contributed by atoms with Gasteiger partial charge in [0.1, 0.15) is 5.60 Å². The average molecular weight is 559 g/mol. The van der Waals surface area contributed by atoms with E-state index in [4.69, 9.17) is 16.3 Å². The van der Waals surface area contributed by atoms with Crippen LogP contribution < -0.4 is 10.6 Å². The number of aryl methyl sites for hydroxylation is 2. The third-order valence-electron chi connectivity index (χ3n) is 6.38. The highest BCUT2D eigenvalue weighted by atomic mass is 35.5. The molecule has 4 aromatic rings. The van der Waals surface area contributed by atoms with E-state index in [1.165, 1.54) is 0 Å². The largest absolute Gasteiger partial charge is 0.444 e. The van der Waals surface area contributed by atoms with Crippen molar-refractivity contribution >= 4 is 23.6 Å². The molecule has 2 amide bonds. The predicted molar refractivity (Wildman–Crippen MR) is 159 cm³/mol. The number of ether oxygens (including phenoxy) is 1. The Morgan fingerprint density at radius 1 is 1.00 bits per heavy atom. The molecule has 2 N–H and O–H groups in total. The summed E-state index contributed by atoms with van der Waals surface area (Å²) in [4.78, 5) is 25.5. The second kappa shape index (κ2) is 12.0. The number of nitrogens with one attached hydrogen (secondary N) is 2. The van der Waals surface area contributed by atoms with Crippen LogP contribution in [0.25, 0.3) is 22.3 Å². The minimum Gasteiger partial charge on any atom is -0.444 e. The first-order chi connectivity index (χ1) is 18.9. The van der Waals surface area contributed by atoms with Crippen molar-refractivity contribution in [2.75, 3.05) is 0 Å². The Bertz CT molecular complexity index is 1540. The van der Waals surface area contributed by atoms with Crippen molar-refractivity contribution in [3.8, 4) is 22.3 Å². The summed E-state index contributed by atoms with van der Waals surface area (Å²) in [5.41, 5.74) is 6.51. The molecule has 1 unspecified atom stereocenters. The van der Waals surface area contributed by atoms with Crippen molar-refractivity contribution in [2.45, 2.75) is 52.8 Å². The van der Waals surface area contributed by atoms with E-state index in [9.17, 15) is 9.59 Å². The van der Waals surface area contributed by atoms with E-state index in [1.807, 2.05) is 90.5 Å². The minimum absolute atomic E-state index is 0.194. The Balaban J connectivity index is 1.57. The second-order valence-electron chi connectivity index (χ2n) is 11.0. The lowest BCUT2D eigenvalue weighted by Gasteiger charge is -2.20. The topological polar surface area (TPSA) is 85.2 Å². The van der Waals surface area contributed by atoms with E-state index in [0.717, 1.165) is 38.9 Å². The van der Waals surface area contributed by atoms with Crippen molar-refractivity contribution in [3.63, 3.8) is 0 Å². The first-order valence-electron chi connectivity index (χ1n) is 13.1. The SMILES string of the molecule is Cc1ccc(CNC(=O)OC(C)(C)C)cc1C(=O)NC(C)c1cc(-c2cccc(Cl)c2)cc(-c2cnn(C)c2)c1. The summed E-state index contributed by atoms with van der Waals surface area (Å²) in [6.45, 7) is 9.54. The van der Waals surface area contributed by atoms with Gasteiger partial charge in [-0.3, -0.25) is 9.48 Å². The maximum absolute atomic E-state index is 13.4. The number of carbonyl (C=O) groups is 2. The van der Waals surface area contributed by atoms with Crippen LogP contribution in [0.5, 0.6) is 0 Å². The molecule has 0 aliphatic carbocycles. The summed E-state index contributed by atoms with van der Waals surface area (Å²) >= 11 is 6.29. The summed E-state index contributed by atoms with van der Waals surface area (Å²) in [5, 5.41) is 10.9. The number of amides is 2. The first kappa shape index (κ1) is 28.9. The molecule has 0 bridgehead atoms. The quantitative estimate of drug-likeness (QED) is 0.250. The van der Waals surface area contributed by atoms with Gasteiger partial charge < -0.3 is 15.4 Å². The van der Waals surface area contributed by atoms with Crippen LogP contribution in [0.1, 0.15) is 60.8 Å². The molecule has 3 aromatic carbocycles. The van der Waals surface area contributed by atoms with Crippen LogP contribution >= 0.6 is 11.6 Å². The molecule has 1 atom stereocenters. The van der Waals surface area contributed by atoms with Gasteiger partial charge in [-0.1, -0.05) is 35.9 Å². The highest BCUT2D eigenvalue weighted by Gasteiger charge is 2.18. The molecule has 4 rings (SSSR count). The average Bonchev–Trinajstić information content (AvgIpc) is 3.33. The normalized spacial score (nSPS) is 12.1. The molecule has 0 saturated carbocycles. The van der Waals surface area contributed by atoms with Crippen LogP contribution in [0.3, 0.4) is 0 Å². The lowest BCUT2D eigenvalue weighted by atomic mass is 9.94. The standard InChI is InChI=1S/C32H35ClN4O3/c1-20-10-11-22(17-34-31(39)40-32(3,4)5)12-29(20)30(38)36-21(2)24-13-25(23-8-7-9-28(33)16-23)15-26(14-24)27-18-35-37(6)19-27/h7-16,18-19,21H,17H2,1-6H3,(H,34,39)(H,36,38). The molecule has 208 valence electrons. The van der Waals surface area contributed by atoms with Gasteiger partial charge in [0.25, 0.3) is 5.91 Å². The number of hydrogen-bond donors (Lipinski definition) is 2. The van der Waals surface area contributed by atoms with Gasteiger partial charge in [0.05, 0.1) is 12.2 Å². The molecule has 40 heavy (non-hydrogen) atoms. The first-order valence-corrected chi connectivity index (χ1v) is 13.5. The molecule has 0 saturated heterocycles. The van der Waals surface area contributed by atoms with Crippen LogP contribution in [0.2, 0.25) is 5.02 Å². The van der Waals surface area contributed by atoms with E-state index >= 15 is 0 Å². The number of alkyl carbamates (subject to hydrolysis) is 1. The second-order valence-corrected chi connectivity index (χ2v) is 11.4. The molecule has 0 radical (unpaired) electrons. The third kappa shape index (κ3) is 7.51. The fourth-order valence-electron chi connectivity index (χ4n) is 4.34. The van der Waals surface area contributed by atoms with Crippen LogP contribution in [0, 0.1) is 6.92 Å². The monoisotopic (exact) mass is 558 g/mol. The van der Waals surface area contributed by atoms with Gasteiger partial charge >= 0.3 is 6.09 Å². The number of halogens is 1. The fourth-order valence-corrected chi connectivity index (χ4v) is 4.53. The molecule has 0 aliphatic heterocycles. The molecule has 8 heteroatoms. The van der Waals surface area contributed by atoms with Gasteiger partial charge in [0.15, 0.2) is 0 Å². The Morgan fingerprint density at radius 3 is 2.38 bits per heavy atom. The van der Waals surface area contributed by atoms with Crippen LogP contribution in [-0.4, -0.2) is 27.4 Å². The van der Waals surface area contributed by atoms with E-state index in [0.29, 0.717) is 10.6 Å². The van der Waals surface area contributed by atoms with Crippen molar-refractivity contribution in [3.05, 3.63) is 100 Å². The molecular formula is C32H35ClN4O3. The molecule has 0 fully saturated rings. The number of aromatic nitrogens is 2. The van der Waals surface area contributed by atoms with Gasteiger partial charge in [0.2, 0.25) is 0 Å².